The number of nitrogens with zero attached hydrogens (tertiary/aromatic N) is 1. The van der Waals surface area contributed by atoms with Crippen LogP contribution in [-0.2, 0) is 6.42 Å². The second-order valence-electron chi connectivity index (χ2n) is 4.61. The molecular weight excluding hydrogens is 348 g/mol. The van der Waals surface area contributed by atoms with E-state index in [2.05, 4.69) is 17.4 Å². The molecule has 0 saturated carbocycles. The van der Waals surface area contributed by atoms with Crippen molar-refractivity contribution in [1.29, 1.82) is 0 Å². The Labute approximate surface area is 140 Å². The quantitative estimate of drug-likeness (QED) is 0.641. The number of fused-ring (bicyclic) bond motifs is 1. The van der Waals surface area contributed by atoms with Crippen LogP contribution in [0.1, 0.15) is 5.56 Å². The van der Waals surface area contributed by atoms with Gasteiger partial charge in [0.1, 0.15) is 11.5 Å². The van der Waals surface area contributed by atoms with Crippen molar-refractivity contribution in [3.63, 3.8) is 0 Å². The maximum Gasteiger partial charge on any atom is 0.186 e. The number of hydrogen-bond donors (Lipinski definition) is 1. The average molecular weight is 356 g/mol. The maximum atomic E-state index is 13.9. The zero-order valence-corrected chi connectivity index (χ0v) is 13.3. The standard InChI is InChI=1S/C15H8Cl2FNO2S/c16-10-5-9-14(7-3-1-2-4-11(7)18)19-21-15(9)13(17)8(10)6-12(20)22/h1-5H,6H2,(H,20,22). The molecule has 3 aromatic rings. The fourth-order valence-corrected chi connectivity index (χ4v) is 2.97. The summed E-state index contributed by atoms with van der Waals surface area (Å²) in [6, 6.07) is 7.78. The Kier molecular flexibility index (Phi) is 4.04. The van der Waals surface area contributed by atoms with E-state index >= 15 is 0 Å². The number of thiocarbonyl (C=S) groups is 1. The van der Waals surface area contributed by atoms with Crippen LogP contribution in [0.5, 0.6) is 0 Å². The zero-order chi connectivity index (χ0) is 15.9. The van der Waals surface area contributed by atoms with E-state index in [0.717, 1.165) is 0 Å². The van der Waals surface area contributed by atoms with E-state index in [9.17, 15) is 9.50 Å². The number of benzene rings is 2. The van der Waals surface area contributed by atoms with Crippen molar-refractivity contribution < 1.29 is 14.0 Å². The summed E-state index contributed by atoms with van der Waals surface area (Å²) in [5, 5.41) is 13.9. The number of aliphatic hydroxyl groups excluding tert-OH is 1. The lowest BCUT2D eigenvalue weighted by Crippen LogP contribution is -1.99. The van der Waals surface area contributed by atoms with Crippen molar-refractivity contribution in [2.75, 3.05) is 0 Å². The minimum atomic E-state index is -0.425. The van der Waals surface area contributed by atoms with Crippen LogP contribution in [-0.4, -0.2) is 15.3 Å². The molecule has 3 rings (SSSR count). The monoisotopic (exact) mass is 355 g/mol. The molecule has 0 amide bonds. The van der Waals surface area contributed by atoms with Gasteiger partial charge in [0.05, 0.1) is 10.4 Å². The first-order chi connectivity index (χ1) is 10.5. The summed E-state index contributed by atoms with van der Waals surface area (Å²) in [5.41, 5.74) is 1.32. The molecular formula is C15H8Cl2FNO2S. The van der Waals surface area contributed by atoms with Crippen LogP contribution in [0.15, 0.2) is 34.9 Å². The maximum absolute atomic E-state index is 13.9. The Morgan fingerprint density at radius 1 is 1.32 bits per heavy atom. The van der Waals surface area contributed by atoms with E-state index in [1.807, 2.05) is 0 Å². The van der Waals surface area contributed by atoms with E-state index in [-0.39, 0.29) is 22.1 Å². The average Bonchev–Trinajstić information content (AvgIpc) is 2.87. The zero-order valence-electron chi connectivity index (χ0n) is 10.9. The molecule has 1 heterocycles. The number of aliphatic hydroxyl groups is 1. The highest BCUT2D eigenvalue weighted by molar-refractivity contribution is 7.80. The van der Waals surface area contributed by atoms with Crippen molar-refractivity contribution in [2.45, 2.75) is 6.42 Å². The van der Waals surface area contributed by atoms with Gasteiger partial charge in [0, 0.05) is 22.6 Å². The molecule has 0 unspecified atom stereocenters. The van der Waals surface area contributed by atoms with Crippen LogP contribution in [0, 0.1) is 5.82 Å². The Hall–Kier alpha value is -1.69. The lowest BCUT2D eigenvalue weighted by Gasteiger charge is -2.06. The van der Waals surface area contributed by atoms with E-state index in [1.54, 1.807) is 24.3 Å². The number of aromatic nitrogens is 1. The summed E-state index contributed by atoms with van der Waals surface area (Å²) < 4.78 is 19.2. The third kappa shape index (κ3) is 2.56. The minimum absolute atomic E-state index is 0.0265. The predicted molar refractivity (Wildman–Crippen MR) is 88.4 cm³/mol. The van der Waals surface area contributed by atoms with Crippen molar-refractivity contribution in [1.82, 2.24) is 5.16 Å². The third-order valence-corrected chi connectivity index (χ3v) is 4.09. The summed E-state index contributed by atoms with van der Waals surface area (Å²) >= 11 is 17.1. The normalized spacial score (nSPS) is 11.0. The summed E-state index contributed by atoms with van der Waals surface area (Å²) in [7, 11) is 0. The molecule has 112 valence electrons. The molecule has 0 radical (unpaired) electrons. The summed E-state index contributed by atoms with van der Waals surface area (Å²) in [6.45, 7) is 0. The Morgan fingerprint density at radius 3 is 2.73 bits per heavy atom. The second-order valence-corrected chi connectivity index (χ2v) is 5.87. The molecule has 7 heteroatoms. The second kappa shape index (κ2) is 5.83. The van der Waals surface area contributed by atoms with Gasteiger partial charge in [-0.15, -0.1) is 0 Å². The van der Waals surface area contributed by atoms with Gasteiger partial charge in [-0.25, -0.2) is 4.39 Å². The van der Waals surface area contributed by atoms with Crippen LogP contribution < -0.4 is 0 Å². The Bertz CT molecular complexity index is 895. The summed E-state index contributed by atoms with van der Waals surface area (Å²) in [4.78, 5) is 0. The first kappa shape index (κ1) is 15.2. The van der Waals surface area contributed by atoms with Gasteiger partial charge in [-0.05, 0) is 30.4 Å². The van der Waals surface area contributed by atoms with Gasteiger partial charge >= 0.3 is 0 Å². The SMILES string of the molecule is OC(=S)Cc1c(Cl)cc2c(-c3ccccc3F)noc2c1Cl. The lowest BCUT2D eigenvalue weighted by molar-refractivity contribution is 0.458. The summed E-state index contributed by atoms with van der Waals surface area (Å²) in [6.07, 6.45) is 0.0265. The highest BCUT2D eigenvalue weighted by Crippen LogP contribution is 2.38. The largest absolute Gasteiger partial charge is 0.502 e. The molecule has 3 nitrogen and oxygen atoms in total. The molecule has 0 saturated heterocycles. The topological polar surface area (TPSA) is 46.3 Å². The number of rotatable bonds is 3. The van der Waals surface area contributed by atoms with Gasteiger partial charge in [0.2, 0.25) is 0 Å². The smallest absolute Gasteiger partial charge is 0.186 e. The molecule has 1 aromatic heterocycles. The van der Waals surface area contributed by atoms with Gasteiger partial charge in [0.25, 0.3) is 0 Å². The molecule has 1 N–H and O–H groups in total. The first-order valence-corrected chi connectivity index (χ1v) is 7.38. The van der Waals surface area contributed by atoms with Crippen LogP contribution in [0.4, 0.5) is 4.39 Å². The number of halogens is 3. The van der Waals surface area contributed by atoms with Crippen molar-refractivity contribution in [3.05, 3.63) is 51.8 Å². The molecule has 0 fully saturated rings. The van der Waals surface area contributed by atoms with Crippen LogP contribution in [0.3, 0.4) is 0 Å². The fourth-order valence-electron chi connectivity index (χ4n) is 2.21. The minimum Gasteiger partial charge on any atom is -0.502 e. The Morgan fingerprint density at radius 2 is 2.05 bits per heavy atom. The molecule has 0 aliphatic heterocycles. The molecule has 0 spiro atoms. The first-order valence-electron chi connectivity index (χ1n) is 6.22. The number of hydrogen-bond acceptors (Lipinski definition) is 3. The van der Waals surface area contributed by atoms with Gasteiger partial charge in [-0.2, -0.15) is 0 Å². The third-order valence-electron chi connectivity index (χ3n) is 3.21. The van der Waals surface area contributed by atoms with Gasteiger partial charge in [-0.3, -0.25) is 0 Å². The molecule has 22 heavy (non-hydrogen) atoms. The molecule has 2 aromatic carbocycles. The summed E-state index contributed by atoms with van der Waals surface area (Å²) in [5.74, 6) is -0.425. The van der Waals surface area contributed by atoms with Gasteiger partial charge < -0.3 is 9.63 Å². The van der Waals surface area contributed by atoms with Crippen molar-refractivity contribution in [2.24, 2.45) is 0 Å². The Balaban J connectivity index is 2.25. The fraction of sp³-hybridized carbons (Fsp3) is 0.0667. The molecule has 0 aliphatic carbocycles. The van der Waals surface area contributed by atoms with Crippen LogP contribution in [0.25, 0.3) is 22.2 Å². The van der Waals surface area contributed by atoms with Crippen LogP contribution >= 0.6 is 35.4 Å². The van der Waals surface area contributed by atoms with Gasteiger partial charge in [0.15, 0.2) is 10.6 Å². The van der Waals surface area contributed by atoms with E-state index in [0.29, 0.717) is 27.2 Å². The van der Waals surface area contributed by atoms with Crippen LogP contribution in [0.2, 0.25) is 10.0 Å². The molecule has 0 bridgehead atoms. The highest BCUT2D eigenvalue weighted by atomic mass is 35.5. The molecule has 0 atom stereocenters. The lowest BCUT2D eigenvalue weighted by atomic mass is 10.0. The van der Waals surface area contributed by atoms with Crippen molar-refractivity contribution in [3.8, 4) is 11.3 Å². The predicted octanol–water partition coefficient (Wildman–Crippen LogP) is 5.37. The van der Waals surface area contributed by atoms with Gasteiger partial charge in [-0.1, -0.05) is 40.5 Å². The van der Waals surface area contributed by atoms with E-state index < -0.39 is 5.82 Å². The highest BCUT2D eigenvalue weighted by Gasteiger charge is 2.20. The van der Waals surface area contributed by atoms with E-state index in [1.165, 1.54) is 6.07 Å². The van der Waals surface area contributed by atoms with E-state index in [4.69, 9.17) is 27.7 Å². The molecule has 0 aliphatic rings. The van der Waals surface area contributed by atoms with Crippen molar-refractivity contribution >= 4 is 51.4 Å².